The van der Waals surface area contributed by atoms with E-state index in [-0.39, 0.29) is 11.9 Å². The summed E-state index contributed by atoms with van der Waals surface area (Å²) in [6.07, 6.45) is 0.748. The highest BCUT2D eigenvalue weighted by molar-refractivity contribution is 6.30. The monoisotopic (exact) mass is 281 g/mol. The number of benzene rings is 2. The zero-order valence-corrected chi connectivity index (χ0v) is 11.2. The Morgan fingerprint density at radius 1 is 1.11 bits per heavy atom. The van der Waals surface area contributed by atoms with Gasteiger partial charge in [-0.15, -0.1) is 0 Å². The quantitative estimate of drug-likeness (QED) is 0.814. The van der Waals surface area contributed by atoms with Crippen LogP contribution >= 0.6 is 11.6 Å². The Morgan fingerprint density at radius 3 is 2.53 bits per heavy atom. The van der Waals surface area contributed by atoms with Crippen LogP contribution in [0.5, 0.6) is 0 Å². The second kappa shape index (κ2) is 6.02. The first-order valence-corrected chi connectivity index (χ1v) is 6.44. The molecule has 0 aliphatic heterocycles. The largest absolute Gasteiger partial charge is 0.378 e. The number of rotatable bonds is 4. The number of hydrogen-bond acceptors (Lipinski definition) is 1. The lowest BCUT2D eigenvalue weighted by Crippen LogP contribution is -2.10. The van der Waals surface area contributed by atoms with Crippen molar-refractivity contribution in [2.75, 3.05) is 5.32 Å². The third-order valence-electron chi connectivity index (χ3n) is 2.86. The molecule has 0 aromatic heterocycles. The number of halogens is 3. The average Bonchev–Trinajstić information content (AvgIpc) is 2.34. The van der Waals surface area contributed by atoms with Gasteiger partial charge in [0.15, 0.2) is 0 Å². The van der Waals surface area contributed by atoms with Gasteiger partial charge in [-0.3, -0.25) is 0 Å². The van der Waals surface area contributed by atoms with Gasteiger partial charge in [-0.2, -0.15) is 0 Å². The first kappa shape index (κ1) is 13.8. The minimum absolute atomic E-state index is 0.0893. The molecule has 0 spiro atoms. The summed E-state index contributed by atoms with van der Waals surface area (Å²) in [7, 11) is 0. The van der Waals surface area contributed by atoms with E-state index < -0.39 is 5.82 Å². The molecule has 0 amide bonds. The predicted octanol–water partition coefficient (Wildman–Crippen LogP) is 5.18. The summed E-state index contributed by atoms with van der Waals surface area (Å²) in [5, 5.41) is 3.49. The molecule has 1 atom stereocenters. The lowest BCUT2D eigenvalue weighted by molar-refractivity contribution is 0.619. The van der Waals surface area contributed by atoms with E-state index >= 15 is 0 Å². The number of hydrogen-bond donors (Lipinski definition) is 1. The van der Waals surface area contributed by atoms with E-state index in [2.05, 4.69) is 5.32 Å². The van der Waals surface area contributed by atoms with E-state index in [9.17, 15) is 8.78 Å². The second-order valence-electron chi connectivity index (χ2n) is 4.32. The molecule has 0 aliphatic rings. The van der Waals surface area contributed by atoms with Gasteiger partial charge < -0.3 is 5.32 Å². The third-order valence-corrected chi connectivity index (χ3v) is 3.08. The maximum Gasteiger partial charge on any atom is 0.126 e. The Kier molecular flexibility index (Phi) is 4.38. The molecule has 100 valence electrons. The summed E-state index contributed by atoms with van der Waals surface area (Å²) in [6.45, 7) is 1.98. The third kappa shape index (κ3) is 3.67. The van der Waals surface area contributed by atoms with Crippen molar-refractivity contribution in [1.29, 1.82) is 0 Å². The lowest BCUT2D eigenvalue weighted by Gasteiger charge is -2.19. The zero-order chi connectivity index (χ0) is 13.8. The highest BCUT2D eigenvalue weighted by atomic mass is 35.5. The minimum Gasteiger partial charge on any atom is -0.378 e. The maximum absolute atomic E-state index is 13.3. The fourth-order valence-electron chi connectivity index (χ4n) is 1.98. The summed E-state index contributed by atoms with van der Waals surface area (Å²) in [6, 6.07) is 10.5. The molecule has 0 saturated carbocycles. The van der Waals surface area contributed by atoms with Gasteiger partial charge in [-0.05, 0) is 42.3 Å². The smallest absolute Gasteiger partial charge is 0.126 e. The normalized spacial score (nSPS) is 12.2. The molecule has 1 nitrogen and oxygen atoms in total. The molecule has 0 fully saturated rings. The Hall–Kier alpha value is -1.61. The van der Waals surface area contributed by atoms with Gasteiger partial charge in [0.1, 0.15) is 11.6 Å². The van der Waals surface area contributed by atoms with Gasteiger partial charge in [0.2, 0.25) is 0 Å². The van der Waals surface area contributed by atoms with Crippen LogP contribution in [0.4, 0.5) is 14.5 Å². The number of nitrogens with one attached hydrogen (secondary N) is 1. The molecule has 1 N–H and O–H groups in total. The molecule has 0 aliphatic carbocycles. The highest BCUT2D eigenvalue weighted by Gasteiger charge is 2.10. The molecule has 2 aromatic rings. The summed E-state index contributed by atoms with van der Waals surface area (Å²) in [5.41, 5.74) is 1.41. The first-order valence-electron chi connectivity index (χ1n) is 6.06. The van der Waals surface area contributed by atoms with Crippen LogP contribution in [-0.2, 0) is 0 Å². The summed E-state index contributed by atoms with van der Waals surface area (Å²) >= 11 is 5.81. The summed E-state index contributed by atoms with van der Waals surface area (Å²) in [4.78, 5) is 0. The van der Waals surface area contributed by atoms with Crippen molar-refractivity contribution in [1.82, 2.24) is 0 Å². The van der Waals surface area contributed by atoms with E-state index in [4.69, 9.17) is 11.6 Å². The standard InChI is InChI=1S/C15H14ClF2N/c1-2-15(10-4-3-5-12(17)6-10)19-14-8-11(16)7-13(18)9-14/h3-9,15,19H,2H2,1H3. The average molecular weight is 282 g/mol. The van der Waals surface area contributed by atoms with Crippen LogP contribution in [-0.4, -0.2) is 0 Å². The van der Waals surface area contributed by atoms with Gasteiger partial charge in [0.25, 0.3) is 0 Å². The summed E-state index contributed by atoms with van der Waals surface area (Å²) in [5.74, 6) is -0.681. The molecular formula is C15H14ClF2N. The van der Waals surface area contributed by atoms with E-state index in [1.807, 2.05) is 13.0 Å². The van der Waals surface area contributed by atoms with Crippen molar-refractivity contribution in [3.8, 4) is 0 Å². The molecule has 0 radical (unpaired) electrons. The molecule has 2 aromatic carbocycles. The molecule has 19 heavy (non-hydrogen) atoms. The second-order valence-corrected chi connectivity index (χ2v) is 4.75. The van der Waals surface area contributed by atoms with Gasteiger partial charge >= 0.3 is 0 Å². The van der Waals surface area contributed by atoms with Gasteiger partial charge in [0, 0.05) is 10.7 Å². The van der Waals surface area contributed by atoms with Crippen molar-refractivity contribution >= 4 is 17.3 Å². The molecule has 0 heterocycles. The van der Waals surface area contributed by atoms with Crippen LogP contribution in [0.2, 0.25) is 5.02 Å². The fraction of sp³-hybridized carbons (Fsp3) is 0.200. The van der Waals surface area contributed by atoms with Crippen LogP contribution in [0.15, 0.2) is 42.5 Å². The topological polar surface area (TPSA) is 12.0 Å². The fourth-order valence-corrected chi connectivity index (χ4v) is 2.20. The lowest BCUT2D eigenvalue weighted by atomic mass is 10.0. The highest BCUT2D eigenvalue weighted by Crippen LogP contribution is 2.25. The Balaban J connectivity index is 2.23. The van der Waals surface area contributed by atoms with Crippen molar-refractivity contribution in [3.05, 3.63) is 64.7 Å². The van der Waals surface area contributed by atoms with Crippen molar-refractivity contribution in [2.24, 2.45) is 0 Å². The van der Waals surface area contributed by atoms with E-state index in [0.29, 0.717) is 10.7 Å². The van der Waals surface area contributed by atoms with Gasteiger partial charge in [-0.1, -0.05) is 30.7 Å². The van der Waals surface area contributed by atoms with E-state index in [1.165, 1.54) is 24.3 Å². The van der Waals surface area contributed by atoms with E-state index in [1.54, 1.807) is 12.1 Å². The summed E-state index contributed by atoms with van der Waals surface area (Å²) < 4.78 is 26.5. The molecule has 0 saturated heterocycles. The zero-order valence-electron chi connectivity index (χ0n) is 10.5. The molecule has 0 bridgehead atoms. The Labute approximate surface area is 116 Å². The van der Waals surface area contributed by atoms with Crippen LogP contribution in [0.1, 0.15) is 24.9 Å². The SMILES string of the molecule is CCC(Nc1cc(F)cc(Cl)c1)c1cccc(F)c1. The van der Waals surface area contributed by atoms with E-state index in [0.717, 1.165) is 12.0 Å². The predicted molar refractivity (Wildman–Crippen MR) is 74.5 cm³/mol. The van der Waals surface area contributed by atoms with Crippen LogP contribution < -0.4 is 5.32 Å². The van der Waals surface area contributed by atoms with Gasteiger partial charge in [-0.25, -0.2) is 8.78 Å². The molecule has 1 unspecified atom stereocenters. The van der Waals surface area contributed by atoms with Crippen LogP contribution in [0.25, 0.3) is 0 Å². The first-order chi connectivity index (χ1) is 9.08. The van der Waals surface area contributed by atoms with Crippen molar-refractivity contribution in [3.63, 3.8) is 0 Å². The minimum atomic E-state index is -0.399. The Bertz CT molecular complexity index is 552. The van der Waals surface area contributed by atoms with Crippen molar-refractivity contribution < 1.29 is 8.78 Å². The molecule has 2 rings (SSSR count). The van der Waals surface area contributed by atoms with Gasteiger partial charge in [0.05, 0.1) is 6.04 Å². The van der Waals surface area contributed by atoms with Crippen molar-refractivity contribution in [2.45, 2.75) is 19.4 Å². The Morgan fingerprint density at radius 2 is 1.89 bits per heavy atom. The number of anilines is 1. The molecular weight excluding hydrogens is 268 g/mol. The molecule has 4 heteroatoms. The van der Waals surface area contributed by atoms with Crippen LogP contribution in [0.3, 0.4) is 0 Å². The van der Waals surface area contributed by atoms with Crippen LogP contribution in [0, 0.1) is 11.6 Å². The maximum atomic E-state index is 13.3.